The molecule has 2 rings (SSSR count). The third-order valence-electron chi connectivity index (χ3n) is 7.05. The number of thiol groups is 1. The molecular weight excluding hydrogens is 731 g/mol. The first-order valence-electron chi connectivity index (χ1n) is 18.2. The number of benzene rings is 2. The number of hydrogen-bond donors (Lipinski definition) is 1. The predicted molar refractivity (Wildman–Crippen MR) is 212 cm³/mol. The number of guanidine groups is 1. The summed E-state index contributed by atoms with van der Waals surface area (Å²) in [6, 6.07) is 12.7. The molecule has 0 aliphatic heterocycles. The Morgan fingerprint density at radius 3 is 1.69 bits per heavy atom. The summed E-state index contributed by atoms with van der Waals surface area (Å²) in [5.74, 6) is 0.320. The highest BCUT2D eigenvalue weighted by atomic mass is 32.1. The number of esters is 1. The molecule has 306 valence electrons. The monoisotopic (exact) mass is 789 g/mol. The second kappa shape index (κ2) is 21.4. The van der Waals surface area contributed by atoms with Crippen molar-refractivity contribution in [3.63, 3.8) is 0 Å². The summed E-state index contributed by atoms with van der Waals surface area (Å²) >= 11 is 4.30. The summed E-state index contributed by atoms with van der Waals surface area (Å²) < 4.78 is 39.3. The zero-order valence-corrected chi connectivity index (χ0v) is 35.1. The molecule has 0 radical (unpaired) electrons. The lowest BCUT2D eigenvalue weighted by molar-refractivity contribution is 0.0277. The molecule has 0 N–H and O–H groups in total. The number of hydrogen-bond acceptors (Lipinski definition) is 12. The number of rotatable bonds is 15. The third kappa shape index (κ3) is 17.1. The van der Waals surface area contributed by atoms with E-state index in [-0.39, 0.29) is 43.6 Å². The fraction of sp³-hybridized carbons (Fsp3) is 0.575. The van der Waals surface area contributed by atoms with E-state index in [9.17, 15) is 19.2 Å². The van der Waals surface area contributed by atoms with Crippen molar-refractivity contribution in [3.05, 3.63) is 53.6 Å². The molecule has 0 heterocycles. The number of methoxy groups -OCH3 is 2. The van der Waals surface area contributed by atoms with Crippen LogP contribution in [0.25, 0.3) is 0 Å². The molecule has 55 heavy (non-hydrogen) atoms. The van der Waals surface area contributed by atoms with Crippen LogP contribution in [-0.4, -0.2) is 96.5 Å². The van der Waals surface area contributed by atoms with Gasteiger partial charge in [0.05, 0.1) is 26.4 Å². The van der Waals surface area contributed by atoms with E-state index in [1.165, 1.54) is 14.2 Å². The van der Waals surface area contributed by atoms with Crippen molar-refractivity contribution in [2.75, 3.05) is 39.7 Å². The first-order chi connectivity index (χ1) is 25.7. The Morgan fingerprint density at radius 1 is 0.691 bits per heavy atom. The number of nitrogens with zero attached hydrogens (tertiary/aromatic N) is 3. The van der Waals surface area contributed by atoms with Crippen molar-refractivity contribution < 1.29 is 52.3 Å². The summed E-state index contributed by atoms with van der Waals surface area (Å²) in [6.07, 6.45) is -0.502. The quantitative estimate of drug-likeness (QED) is 0.0461. The van der Waals surface area contributed by atoms with E-state index in [1.807, 2.05) is 30.3 Å². The maximum atomic E-state index is 13.7. The van der Waals surface area contributed by atoms with Gasteiger partial charge >= 0.3 is 24.2 Å². The van der Waals surface area contributed by atoms with E-state index in [2.05, 4.69) is 17.6 Å². The zero-order chi connectivity index (χ0) is 41.4. The Labute approximate surface area is 331 Å². The minimum Gasteiger partial charge on any atom is -0.493 e. The second-order valence-electron chi connectivity index (χ2n) is 15.4. The van der Waals surface area contributed by atoms with Crippen molar-refractivity contribution in [3.8, 4) is 17.2 Å². The van der Waals surface area contributed by atoms with Crippen LogP contribution in [-0.2, 0) is 25.6 Å². The van der Waals surface area contributed by atoms with Gasteiger partial charge < -0.3 is 33.2 Å². The zero-order valence-electron chi connectivity index (χ0n) is 34.2. The Bertz CT molecular complexity index is 1570. The van der Waals surface area contributed by atoms with Crippen LogP contribution in [0.5, 0.6) is 17.2 Å². The molecule has 0 aliphatic rings. The van der Waals surface area contributed by atoms with Crippen LogP contribution in [0.4, 0.5) is 14.4 Å². The second-order valence-corrected chi connectivity index (χ2v) is 15.9. The molecule has 0 atom stereocenters. The van der Waals surface area contributed by atoms with E-state index in [0.717, 1.165) is 15.4 Å². The number of aliphatic imine (C=N–C) groups is 1. The van der Waals surface area contributed by atoms with E-state index < -0.39 is 41.1 Å². The SMILES string of the molecule is COc1cc(C(=O)OCCCCCCN(C(=O)OC(C)(C)C)/C(=N\C(=O)OC(C)(C)C)N(CCS)C(=O)OC(C)(C)C)cc(OC)c1OCc1ccccc1. The smallest absolute Gasteiger partial charge is 0.437 e. The maximum Gasteiger partial charge on any atom is 0.437 e. The lowest BCUT2D eigenvalue weighted by Crippen LogP contribution is -2.53. The van der Waals surface area contributed by atoms with Crippen molar-refractivity contribution in [2.24, 2.45) is 4.99 Å². The summed E-state index contributed by atoms with van der Waals surface area (Å²) in [5, 5.41) is 0. The first kappa shape index (κ1) is 46.5. The van der Waals surface area contributed by atoms with Gasteiger partial charge in [-0.25, -0.2) is 29.0 Å². The number of carbonyl (C=O) groups is 4. The minimum atomic E-state index is -1.00. The van der Waals surface area contributed by atoms with Crippen LogP contribution in [0.1, 0.15) is 104 Å². The predicted octanol–water partition coefficient (Wildman–Crippen LogP) is 8.70. The van der Waals surface area contributed by atoms with Gasteiger partial charge in [0.1, 0.15) is 23.4 Å². The summed E-state index contributed by atoms with van der Waals surface area (Å²) in [4.78, 5) is 59.5. The Morgan fingerprint density at radius 2 is 1.20 bits per heavy atom. The number of ether oxygens (including phenoxy) is 7. The average molecular weight is 790 g/mol. The van der Waals surface area contributed by atoms with Gasteiger partial charge in [0.15, 0.2) is 11.5 Å². The lowest BCUT2D eigenvalue weighted by atomic mass is 10.1. The third-order valence-corrected chi connectivity index (χ3v) is 7.25. The van der Waals surface area contributed by atoms with Gasteiger partial charge in [0, 0.05) is 18.8 Å². The van der Waals surface area contributed by atoms with E-state index >= 15 is 0 Å². The van der Waals surface area contributed by atoms with Crippen molar-refractivity contribution in [2.45, 2.75) is 111 Å². The minimum absolute atomic E-state index is 0.0283. The number of carbonyl (C=O) groups excluding carboxylic acids is 4. The average Bonchev–Trinajstić information content (AvgIpc) is 3.07. The first-order valence-corrected chi connectivity index (χ1v) is 18.8. The molecule has 0 spiro atoms. The molecule has 15 heteroatoms. The molecule has 14 nitrogen and oxygen atoms in total. The van der Waals surface area contributed by atoms with E-state index in [0.29, 0.717) is 42.9 Å². The molecule has 0 aliphatic carbocycles. The molecule has 2 aromatic rings. The van der Waals surface area contributed by atoms with Gasteiger partial charge in [-0.3, -0.25) is 0 Å². The summed E-state index contributed by atoms with van der Waals surface area (Å²) in [5.41, 5.74) is -1.49. The van der Waals surface area contributed by atoms with Gasteiger partial charge in [-0.15, -0.1) is 4.99 Å². The highest BCUT2D eigenvalue weighted by molar-refractivity contribution is 7.80. The molecular formula is C40H59N3O11S. The van der Waals surface area contributed by atoms with Gasteiger partial charge in [0.25, 0.3) is 0 Å². The topological polar surface area (TPSA) is 152 Å². The molecule has 3 amide bonds. The Kier molecular flexibility index (Phi) is 18.1. The van der Waals surface area contributed by atoms with Crippen LogP contribution < -0.4 is 14.2 Å². The molecule has 0 saturated heterocycles. The van der Waals surface area contributed by atoms with Crippen LogP contribution in [0.15, 0.2) is 47.5 Å². The van der Waals surface area contributed by atoms with Crippen molar-refractivity contribution in [1.29, 1.82) is 0 Å². The largest absolute Gasteiger partial charge is 0.493 e. The van der Waals surface area contributed by atoms with Gasteiger partial charge in [-0.05, 0) is 99.3 Å². The summed E-state index contributed by atoms with van der Waals surface area (Å²) in [7, 11) is 2.95. The maximum absolute atomic E-state index is 13.7. The lowest BCUT2D eigenvalue weighted by Gasteiger charge is -2.34. The molecule has 0 fully saturated rings. The van der Waals surface area contributed by atoms with Crippen LogP contribution >= 0.6 is 12.6 Å². The van der Waals surface area contributed by atoms with Crippen LogP contribution in [0.2, 0.25) is 0 Å². The number of unbranched alkanes of at least 4 members (excludes halogenated alkanes) is 3. The Balaban J connectivity index is 2.17. The van der Waals surface area contributed by atoms with E-state index in [4.69, 9.17) is 33.2 Å². The highest BCUT2D eigenvalue weighted by Crippen LogP contribution is 2.39. The summed E-state index contributed by atoms with van der Waals surface area (Å²) in [6.45, 7) is 15.6. The molecule has 0 aromatic heterocycles. The van der Waals surface area contributed by atoms with Gasteiger partial charge in [-0.1, -0.05) is 36.8 Å². The number of amides is 3. The molecule has 0 unspecified atom stereocenters. The highest BCUT2D eigenvalue weighted by Gasteiger charge is 2.35. The standard InChI is InChI=1S/C40H59N3O11S/c1-38(2,3)52-35(45)41-34(43(22-24-55)37(47)54-40(7,8)9)42(36(46)53-39(4,5)6)21-17-12-13-18-23-50-33(44)29-25-30(48-10)32(31(26-29)49-11)51-27-28-19-15-14-16-20-28/h14-16,19-20,25-26,55H,12-13,17-18,21-24,27H2,1-11H3/b41-34+. The van der Waals surface area contributed by atoms with E-state index in [1.54, 1.807) is 74.4 Å². The van der Waals surface area contributed by atoms with Gasteiger partial charge in [0.2, 0.25) is 11.7 Å². The van der Waals surface area contributed by atoms with Crippen molar-refractivity contribution in [1.82, 2.24) is 9.80 Å². The molecule has 0 bridgehead atoms. The fourth-order valence-electron chi connectivity index (χ4n) is 4.76. The van der Waals surface area contributed by atoms with Crippen molar-refractivity contribution >= 4 is 42.8 Å². The van der Waals surface area contributed by atoms with Gasteiger partial charge in [-0.2, -0.15) is 12.6 Å². The molecule has 2 aromatic carbocycles. The van der Waals surface area contributed by atoms with Crippen LogP contribution in [0, 0.1) is 0 Å². The van der Waals surface area contributed by atoms with Crippen LogP contribution in [0.3, 0.4) is 0 Å². The molecule has 0 saturated carbocycles. The Hall–Kier alpha value is -4.66. The fourth-order valence-corrected chi connectivity index (χ4v) is 4.96. The normalized spacial score (nSPS) is 12.0.